The Kier molecular flexibility index (Phi) is 13.2. The Bertz CT molecular complexity index is 1010. The van der Waals surface area contributed by atoms with Gasteiger partial charge in [0.15, 0.2) is 25.2 Å². The molecule has 0 aromatic heterocycles. The molecule has 4 aliphatic heterocycles. The van der Waals surface area contributed by atoms with Gasteiger partial charge in [-0.15, -0.1) is 0 Å². The van der Waals surface area contributed by atoms with Crippen molar-refractivity contribution in [2.75, 3.05) is 19.8 Å². The number of carbonyl (C=O) groups excluding carboxylic acids is 1. The van der Waals surface area contributed by atoms with Crippen molar-refractivity contribution in [3.05, 3.63) is 0 Å². The Hall–Kier alpha value is -1.29. The summed E-state index contributed by atoms with van der Waals surface area (Å²) < 4.78 is 38.6. The molecule has 1 amide bonds. The molecule has 274 valence electrons. The number of carbonyl (C=O) groups is 1. The summed E-state index contributed by atoms with van der Waals surface area (Å²) >= 11 is 0. The fraction of sp³-hybridized carbons (Fsp3) is 0.962. The molecule has 0 aliphatic carbocycles. The van der Waals surface area contributed by atoms with Crippen LogP contribution < -0.4 is 5.32 Å². The third kappa shape index (κ3) is 8.20. The van der Waals surface area contributed by atoms with Gasteiger partial charge >= 0.3 is 0 Å². The number of aliphatic hydroxyl groups excluding tert-OH is 12. The van der Waals surface area contributed by atoms with Crippen molar-refractivity contribution in [3.8, 4) is 0 Å². The molecule has 0 radical (unpaired) electrons. The van der Waals surface area contributed by atoms with Crippen LogP contribution in [0.25, 0.3) is 0 Å². The molecule has 47 heavy (non-hydrogen) atoms. The second-order valence-electron chi connectivity index (χ2n) is 11.9. The Labute approximate surface area is 267 Å². The molecule has 21 nitrogen and oxygen atoms in total. The second-order valence-corrected chi connectivity index (χ2v) is 11.9. The van der Waals surface area contributed by atoms with Gasteiger partial charge in [0.05, 0.1) is 25.9 Å². The van der Waals surface area contributed by atoms with Crippen molar-refractivity contribution >= 4 is 5.91 Å². The van der Waals surface area contributed by atoms with Crippen molar-refractivity contribution in [1.29, 1.82) is 0 Å². The molecule has 0 aromatic rings. The average molecular weight is 692 g/mol. The van der Waals surface area contributed by atoms with Crippen LogP contribution in [-0.2, 0) is 38.0 Å². The van der Waals surface area contributed by atoms with Crippen LogP contribution in [0.5, 0.6) is 0 Å². The smallest absolute Gasteiger partial charge is 0.217 e. The number of aliphatic hydroxyl groups is 12. The number of hydrogen-bond acceptors (Lipinski definition) is 20. The van der Waals surface area contributed by atoms with Gasteiger partial charge in [-0.2, -0.15) is 0 Å². The van der Waals surface area contributed by atoms with E-state index in [1.54, 1.807) is 0 Å². The zero-order chi connectivity index (χ0) is 34.9. The minimum Gasteiger partial charge on any atom is -0.394 e. The largest absolute Gasteiger partial charge is 0.394 e. The maximum Gasteiger partial charge on any atom is 0.217 e. The molecule has 4 fully saturated rings. The van der Waals surface area contributed by atoms with Crippen LogP contribution in [0.3, 0.4) is 0 Å². The molecule has 4 saturated heterocycles. The van der Waals surface area contributed by atoms with E-state index >= 15 is 0 Å². The summed E-state index contributed by atoms with van der Waals surface area (Å²) in [6, 6.07) is -1.42. The predicted octanol–water partition coefficient (Wildman–Crippen LogP) is -8.58. The van der Waals surface area contributed by atoms with E-state index in [-0.39, 0.29) is 0 Å². The fourth-order valence-corrected chi connectivity index (χ4v) is 5.77. The summed E-state index contributed by atoms with van der Waals surface area (Å²) in [6.07, 6.45) is -31.7. The highest BCUT2D eigenvalue weighted by atomic mass is 16.8. The minimum absolute atomic E-state index is 0.678. The van der Waals surface area contributed by atoms with Gasteiger partial charge in [-0.05, 0) is 6.92 Å². The molecule has 21 heteroatoms. The van der Waals surface area contributed by atoms with Gasteiger partial charge in [0.25, 0.3) is 0 Å². The molecular formula is C26H45NO20. The summed E-state index contributed by atoms with van der Waals surface area (Å²) in [5.41, 5.74) is 0. The minimum atomic E-state index is -1.96. The van der Waals surface area contributed by atoms with Gasteiger partial charge in [0, 0.05) is 6.92 Å². The third-order valence-electron chi connectivity index (χ3n) is 8.55. The first kappa shape index (κ1) is 38.5. The van der Waals surface area contributed by atoms with Crippen LogP contribution in [0.2, 0.25) is 0 Å². The molecule has 4 heterocycles. The number of rotatable bonds is 10. The van der Waals surface area contributed by atoms with Crippen LogP contribution in [-0.4, -0.2) is 210 Å². The zero-order valence-corrected chi connectivity index (χ0v) is 25.3. The molecule has 20 atom stereocenters. The Balaban J connectivity index is 1.50. The molecule has 4 rings (SSSR count). The maximum absolute atomic E-state index is 12.2. The summed E-state index contributed by atoms with van der Waals surface area (Å²) in [7, 11) is 0. The summed E-state index contributed by atoms with van der Waals surface area (Å²) in [6.45, 7) is 0.241. The van der Waals surface area contributed by atoms with Gasteiger partial charge in [-0.3, -0.25) is 4.79 Å². The quantitative estimate of drug-likeness (QED) is 0.101. The lowest BCUT2D eigenvalue weighted by Crippen LogP contribution is -2.68. The fourth-order valence-electron chi connectivity index (χ4n) is 5.77. The highest BCUT2D eigenvalue weighted by Crippen LogP contribution is 2.32. The van der Waals surface area contributed by atoms with Crippen molar-refractivity contribution in [1.82, 2.24) is 5.32 Å². The number of ether oxygens (including phenoxy) is 7. The monoisotopic (exact) mass is 691 g/mol. The highest BCUT2D eigenvalue weighted by molar-refractivity contribution is 5.73. The lowest BCUT2D eigenvalue weighted by molar-refractivity contribution is -0.368. The van der Waals surface area contributed by atoms with Crippen LogP contribution in [0.4, 0.5) is 0 Å². The number of amides is 1. The van der Waals surface area contributed by atoms with Gasteiger partial charge in [0.2, 0.25) is 5.91 Å². The molecule has 13 N–H and O–H groups in total. The molecule has 0 saturated carbocycles. The number of nitrogens with one attached hydrogen (secondary N) is 1. The van der Waals surface area contributed by atoms with E-state index < -0.39 is 148 Å². The van der Waals surface area contributed by atoms with E-state index in [0.717, 1.165) is 6.92 Å². The summed E-state index contributed by atoms with van der Waals surface area (Å²) in [5, 5.41) is 126. The van der Waals surface area contributed by atoms with E-state index in [4.69, 9.17) is 33.2 Å². The first-order chi connectivity index (χ1) is 22.1. The highest BCUT2D eigenvalue weighted by Gasteiger charge is 2.53. The van der Waals surface area contributed by atoms with Crippen LogP contribution >= 0.6 is 0 Å². The van der Waals surface area contributed by atoms with Gasteiger partial charge in [0.1, 0.15) is 91.5 Å². The van der Waals surface area contributed by atoms with Gasteiger partial charge in [-0.1, -0.05) is 0 Å². The van der Waals surface area contributed by atoms with E-state index in [2.05, 4.69) is 5.32 Å². The van der Waals surface area contributed by atoms with Crippen LogP contribution in [0.1, 0.15) is 13.8 Å². The topological polar surface area (TPSA) is 336 Å². The Morgan fingerprint density at radius 2 is 1.11 bits per heavy atom. The van der Waals surface area contributed by atoms with E-state index in [9.17, 15) is 66.1 Å². The average Bonchev–Trinajstić information content (AvgIpc) is 3.03. The van der Waals surface area contributed by atoms with E-state index in [1.807, 2.05) is 0 Å². The standard InChI is InChI=1S/C26H45NO20/c1-6-12(31)16(35)19(38)25(42-6)46-21-11(27-7(2)30)24(44-9(4-29)15(21)34)41-5-10-14(33)17(36)20(39)26(45-10)47-22-18(37)13(32)8(3-28)43-23(22)40/h6,8-26,28-29,31-40H,3-5H2,1-2H3,(H,27,30)/t6-,8+,9+,10+,11+,12-,13-,14-,15-,16+,17-,18-,19+,20+,21+,22+,23-,24+,25-,26+/m0/s1. The molecular weight excluding hydrogens is 646 g/mol. The first-order valence-corrected chi connectivity index (χ1v) is 14.9. The molecule has 0 bridgehead atoms. The second kappa shape index (κ2) is 16.2. The predicted molar refractivity (Wildman–Crippen MR) is 144 cm³/mol. The molecule has 0 aromatic carbocycles. The van der Waals surface area contributed by atoms with Crippen molar-refractivity contribution in [3.63, 3.8) is 0 Å². The molecule has 4 aliphatic rings. The van der Waals surface area contributed by atoms with Crippen molar-refractivity contribution < 1.29 is 99.2 Å². The lowest BCUT2D eigenvalue weighted by atomic mass is 9.95. The lowest BCUT2D eigenvalue weighted by Gasteiger charge is -2.48. The SMILES string of the molecule is CC(=O)N[C@H]1[C@H](OC[C@H]2O[C@H](O[C@@H]3[C@@H](O)[C@@H](O)[C@@H](CO)O[C@@H]3O)[C@H](O)[C@@H](O)[C@H]2O)O[C@H](CO)[C@H](O)[C@@H]1O[C@@H]1O[C@@H](C)[C@H](O)[C@@H](O)[C@H]1O. The summed E-state index contributed by atoms with van der Waals surface area (Å²) in [4.78, 5) is 12.2. The molecule has 0 unspecified atom stereocenters. The van der Waals surface area contributed by atoms with E-state index in [1.165, 1.54) is 6.92 Å². The van der Waals surface area contributed by atoms with Crippen molar-refractivity contribution in [2.24, 2.45) is 0 Å². The van der Waals surface area contributed by atoms with Crippen LogP contribution in [0.15, 0.2) is 0 Å². The first-order valence-electron chi connectivity index (χ1n) is 14.9. The van der Waals surface area contributed by atoms with Gasteiger partial charge < -0.3 is 99.8 Å². The zero-order valence-electron chi connectivity index (χ0n) is 25.3. The van der Waals surface area contributed by atoms with E-state index in [0.29, 0.717) is 0 Å². The maximum atomic E-state index is 12.2. The Morgan fingerprint density at radius 1 is 0.596 bits per heavy atom. The van der Waals surface area contributed by atoms with Crippen molar-refractivity contribution in [2.45, 2.75) is 137 Å². The normalized spacial score (nSPS) is 51.0. The third-order valence-corrected chi connectivity index (χ3v) is 8.55. The van der Waals surface area contributed by atoms with Gasteiger partial charge in [-0.25, -0.2) is 0 Å². The molecule has 0 spiro atoms. The number of hydrogen-bond donors (Lipinski definition) is 13. The van der Waals surface area contributed by atoms with Crippen LogP contribution in [0, 0.1) is 0 Å². The summed E-state index contributed by atoms with van der Waals surface area (Å²) in [5.74, 6) is -0.678. The Morgan fingerprint density at radius 3 is 1.70 bits per heavy atom.